The molecule has 3 rings (SSSR count). The molecule has 0 saturated carbocycles. The number of carbonyl (C=O) groups is 2. The van der Waals surface area contributed by atoms with Crippen LogP contribution in [0.2, 0.25) is 5.02 Å². The Morgan fingerprint density at radius 3 is 2.00 bits per heavy atom. The largest absolute Gasteiger partial charge is 0.354 e. The molecule has 1 N–H and O–H groups in total. The zero-order chi connectivity index (χ0) is 31.0. The number of nitrogens with zero attached hydrogens (tertiary/aromatic N) is 2. The predicted molar refractivity (Wildman–Crippen MR) is 170 cm³/mol. The van der Waals surface area contributed by atoms with E-state index in [-0.39, 0.29) is 29.2 Å². The van der Waals surface area contributed by atoms with Crippen LogP contribution in [-0.4, -0.2) is 44.3 Å². The van der Waals surface area contributed by atoms with E-state index in [1.54, 1.807) is 60.7 Å². The lowest BCUT2D eigenvalue weighted by Crippen LogP contribution is -2.52. The molecule has 226 valence electrons. The third-order valence-corrected chi connectivity index (χ3v) is 9.11. The van der Waals surface area contributed by atoms with Gasteiger partial charge >= 0.3 is 0 Å². The van der Waals surface area contributed by atoms with Crippen molar-refractivity contribution in [3.8, 4) is 0 Å². The Hall–Kier alpha value is -3.36. The average molecular weight is 612 g/mol. The van der Waals surface area contributed by atoms with Gasteiger partial charge in [0.2, 0.25) is 11.8 Å². The van der Waals surface area contributed by atoms with Crippen molar-refractivity contribution in [3.05, 3.63) is 94.5 Å². The van der Waals surface area contributed by atoms with Crippen molar-refractivity contribution in [1.29, 1.82) is 0 Å². The number of amides is 2. The summed E-state index contributed by atoms with van der Waals surface area (Å²) in [5.74, 6) is -0.272. The van der Waals surface area contributed by atoms with Crippen molar-refractivity contribution >= 4 is 39.1 Å². The number of carbonyl (C=O) groups excluding carboxylic acids is 2. The van der Waals surface area contributed by atoms with Crippen molar-refractivity contribution in [3.63, 3.8) is 0 Å². The molecule has 0 radical (unpaired) electrons. The van der Waals surface area contributed by atoms with Crippen molar-refractivity contribution < 1.29 is 18.0 Å². The fourth-order valence-corrected chi connectivity index (χ4v) is 6.06. The minimum Gasteiger partial charge on any atom is -0.354 e. The number of anilines is 1. The van der Waals surface area contributed by atoms with Gasteiger partial charge in [0.05, 0.1) is 10.6 Å². The van der Waals surface area contributed by atoms with Gasteiger partial charge in [-0.05, 0) is 72.7 Å². The van der Waals surface area contributed by atoms with Crippen molar-refractivity contribution in [2.45, 2.75) is 71.4 Å². The third-order valence-electron chi connectivity index (χ3n) is 7.07. The molecule has 1 atom stereocenters. The van der Waals surface area contributed by atoms with Gasteiger partial charge in [0.15, 0.2) is 0 Å². The molecular formula is C33H42ClN3O4S. The molecule has 7 nitrogen and oxygen atoms in total. The first-order chi connectivity index (χ1) is 19.8. The highest BCUT2D eigenvalue weighted by Crippen LogP contribution is 2.27. The van der Waals surface area contributed by atoms with Gasteiger partial charge in [0.25, 0.3) is 10.0 Å². The molecule has 0 aliphatic carbocycles. The lowest BCUT2D eigenvalue weighted by Gasteiger charge is -2.33. The first kappa shape index (κ1) is 33.1. The van der Waals surface area contributed by atoms with E-state index in [0.29, 0.717) is 23.7 Å². The summed E-state index contributed by atoms with van der Waals surface area (Å²) in [4.78, 5) is 29.0. The van der Waals surface area contributed by atoms with E-state index in [0.717, 1.165) is 21.0 Å². The van der Waals surface area contributed by atoms with Crippen LogP contribution in [0.15, 0.2) is 77.7 Å². The molecule has 2 amide bonds. The van der Waals surface area contributed by atoms with Gasteiger partial charge < -0.3 is 10.2 Å². The fraction of sp³-hybridized carbons (Fsp3) is 0.394. The second-order valence-electron chi connectivity index (χ2n) is 11.3. The Kier molecular flexibility index (Phi) is 11.6. The van der Waals surface area contributed by atoms with Crippen LogP contribution in [0.3, 0.4) is 0 Å². The van der Waals surface area contributed by atoms with Crippen LogP contribution >= 0.6 is 11.6 Å². The molecule has 42 heavy (non-hydrogen) atoms. The van der Waals surface area contributed by atoms with Gasteiger partial charge in [0, 0.05) is 18.1 Å². The highest BCUT2D eigenvalue weighted by molar-refractivity contribution is 7.92. The molecule has 0 unspecified atom stereocenters. The molecule has 0 fully saturated rings. The first-order valence-electron chi connectivity index (χ1n) is 14.3. The van der Waals surface area contributed by atoms with Crippen LogP contribution < -0.4 is 9.62 Å². The SMILES string of the molecule is CC[C@H](C(=O)NCC(C)C)N(Cc1ccc(Cl)cc1)C(=O)CN(c1ccc(C(C)C)cc1)S(=O)(=O)c1ccc(C)cc1. The van der Waals surface area contributed by atoms with Crippen molar-refractivity contribution in [2.24, 2.45) is 5.92 Å². The maximum Gasteiger partial charge on any atom is 0.264 e. The van der Waals surface area contributed by atoms with Crippen LogP contribution in [0.4, 0.5) is 5.69 Å². The lowest BCUT2D eigenvalue weighted by atomic mass is 10.0. The predicted octanol–water partition coefficient (Wildman–Crippen LogP) is 6.55. The van der Waals surface area contributed by atoms with Gasteiger partial charge in [-0.1, -0.05) is 88.2 Å². The normalized spacial score (nSPS) is 12.3. The van der Waals surface area contributed by atoms with E-state index in [1.165, 1.54) is 4.90 Å². The summed E-state index contributed by atoms with van der Waals surface area (Å²) in [5.41, 5.74) is 3.12. The summed E-state index contributed by atoms with van der Waals surface area (Å²) in [5, 5.41) is 3.49. The second kappa shape index (κ2) is 14.7. The summed E-state index contributed by atoms with van der Waals surface area (Å²) in [6.07, 6.45) is 0.358. The van der Waals surface area contributed by atoms with Crippen molar-refractivity contribution in [2.75, 3.05) is 17.4 Å². The third kappa shape index (κ3) is 8.58. The minimum absolute atomic E-state index is 0.0832. The molecule has 0 saturated heterocycles. The summed E-state index contributed by atoms with van der Waals surface area (Å²) in [6, 6.07) is 20.0. The molecule has 0 spiro atoms. The molecule has 0 aliphatic heterocycles. The van der Waals surface area contributed by atoms with Gasteiger partial charge in [-0.2, -0.15) is 0 Å². The second-order valence-corrected chi connectivity index (χ2v) is 13.6. The number of rotatable bonds is 13. The Morgan fingerprint density at radius 1 is 0.881 bits per heavy atom. The van der Waals surface area contributed by atoms with E-state index in [4.69, 9.17) is 11.6 Å². The number of sulfonamides is 1. The molecule has 3 aromatic rings. The molecule has 0 aliphatic rings. The zero-order valence-corrected chi connectivity index (χ0v) is 26.9. The maximum atomic E-state index is 14.2. The van der Waals surface area contributed by atoms with Crippen LogP contribution in [0.25, 0.3) is 0 Å². The Morgan fingerprint density at radius 2 is 1.48 bits per heavy atom. The quantitative estimate of drug-likeness (QED) is 0.238. The van der Waals surface area contributed by atoms with E-state index in [1.807, 2.05) is 39.8 Å². The summed E-state index contributed by atoms with van der Waals surface area (Å²) < 4.78 is 29.2. The Bertz CT molecular complexity index is 1440. The highest BCUT2D eigenvalue weighted by Gasteiger charge is 2.33. The topological polar surface area (TPSA) is 86.8 Å². The number of benzene rings is 3. The van der Waals surface area contributed by atoms with E-state index in [2.05, 4.69) is 19.2 Å². The van der Waals surface area contributed by atoms with Crippen molar-refractivity contribution in [1.82, 2.24) is 10.2 Å². The number of nitrogens with one attached hydrogen (secondary N) is 1. The number of hydrogen-bond acceptors (Lipinski definition) is 4. The number of hydrogen-bond donors (Lipinski definition) is 1. The first-order valence-corrected chi connectivity index (χ1v) is 16.2. The molecular weight excluding hydrogens is 570 g/mol. The van der Waals surface area contributed by atoms with Crippen LogP contribution in [-0.2, 0) is 26.2 Å². The van der Waals surface area contributed by atoms with Crippen LogP contribution in [0, 0.1) is 12.8 Å². The molecule has 0 heterocycles. The summed E-state index contributed by atoms with van der Waals surface area (Å²) in [6.45, 7) is 11.9. The highest BCUT2D eigenvalue weighted by atomic mass is 35.5. The standard InChI is InChI=1S/C33H42ClN3O4S/c1-7-31(33(39)35-20-23(2)3)36(21-26-10-14-28(34)15-11-26)32(38)22-37(29-16-12-27(13-17-29)24(4)5)42(40,41)30-18-8-25(6)9-19-30/h8-19,23-24,31H,7,20-22H2,1-6H3,(H,35,39)/t31-/m1/s1. The molecule has 3 aromatic carbocycles. The van der Waals surface area contributed by atoms with E-state index < -0.39 is 28.5 Å². The monoisotopic (exact) mass is 611 g/mol. The lowest BCUT2D eigenvalue weighted by molar-refractivity contribution is -0.140. The van der Waals surface area contributed by atoms with E-state index in [9.17, 15) is 18.0 Å². The number of aryl methyl sites for hydroxylation is 1. The minimum atomic E-state index is -4.12. The van der Waals surface area contributed by atoms with Crippen LogP contribution in [0.5, 0.6) is 0 Å². The van der Waals surface area contributed by atoms with Gasteiger partial charge in [-0.25, -0.2) is 8.42 Å². The summed E-state index contributed by atoms with van der Waals surface area (Å²) >= 11 is 6.09. The van der Waals surface area contributed by atoms with Crippen LogP contribution in [0.1, 0.15) is 63.6 Å². The Balaban J connectivity index is 2.06. The maximum absolute atomic E-state index is 14.2. The molecule has 9 heteroatoms. The molecule has 0 aromatic heterocycles. The zero-order valence-electron chi connectivity index (χ0n) is 25.3. The fourth-order valence-electron chi connectivity index (χ4n) is 4.52. The summed E-state index contributed by atoms with van der Waals surface area (Å²) in [7, 11) is -4.12. The number of halogens is 1. The van der Waals surface area contributed by atoms with Gasteiger partial charge in [-0.3, -0.25) is 13.9 Å². The average Bonchev–Trinajstić information content (AvgIpc) is 2.95. The van der Waals surface area contributed by atoms with E-state index >= 15 is 0 Å². The Labute approximate surface area is 255 Å². The molecule has 0 bridgehead atoms. The van der Waals surface area contributed by atoms with Gasteiger partial charge in [-0.15, -0.1) is 0 Å². The van der Waals surface area contributed by atoms with Gasteiger partial charge in [0.1, 0.15) is 12.6 Å². The smallest absolute Gasteiger partial charge is 0.264 e.